The predicted molar refractivity (Wildman–Crippen MR) is 118 cm³/mol. The number of carbonyl (C=O) groups excluding carboxylic acids is 1. The molecule has 0 atom stereocenters. The fourth-order valence-corrected chi connectivity index (χ4v) is 5.27. The molecule has 1 aromatic heterocycles. The molecule has 1 saturated carbocycles. The van der Waals surface area contributed by atoms with Crippen molar-refractivity contribution in [1.82, 2.24) is 4.98 Å². The van der Waals surface area contributed by atoms with Crippen molar-refractivity contribution in [3.8, 4) is 11.3 Å². The van der Waals surface area contributed by atoms with Crippen LogP contribution >= 0.6 is 0 Å². The number of H-pyrrole nitrogens is 1. The molecule has 4 nitrogen and oxygen atoms in total. The summed E-state index contributed by atoms with van der Waals surface area (Å²) in [6, 6.07) is 7.97. The van der Waals surface area contributed by atoms with E-state index in [2.05, 4.69) is 4.98 Å². The van der Waals surface area contributed by atoms with E-state index in [1.807, 2.05) is 0 Å². The Bertz CT molecular complexity index is 1260. The van der Waals surface area contributed by atoms with Crippen LogP contribution in [0.1, 0.15) is 43.6 Å². The summed E-state index contributed by atoms with van der Waals surface area (Å²) in [5, 5.41) is 0.463. The maximum atomic E-state index is 14.4. The number of aromatic amines is 1. The van der Waals surface area contributed by atoms with Gasteiger partial charge in [-0.1, -0.05) is 0 Å². The molecule has 8 heteroatoms. The topological polar surface area (TPSA) is 67.0 Å². The Kier molecular flexibility index (Phi) is 6.16. The van der Waals surface area contributed by atoms with E-state index in [4.69, 9.17) is 0 Å². The van der Waals surface area contributed by atoms with E-state index in [1.54, 1.807) is 12.1 Å². The number of hydrogen-bond acceptors (Lipinski definition) is 3. The first-order chi connectivity index (χ1) is 15.1. The number of Topliss-reactive ketones (excluding diaryl/α,β-unsaturated/α-hetero) is 1. The molecule has 0 unspecified atom stereocenters. The molecule has 0 spiro atoms. The number of carbonyl (C=O) groups is 1. The number of hydrogen-bond donors (Lipinski definition) is 1. The van der Waals surface area contributed by atoms with Crippen molar-refractivity contribution in [2.75, 3.05) is 12.0 Å². The smallest absolute Gasteiger partial charge is 0.150 e. The van der Waals surface area contributed by atoms with Crippen LogP contribution in [0.3, 0.4) is 0 Å². The van der Waals surface area contributed by atoms with Gasteiger partial charge in [-0.05, 0) is 72.6 Å². The second kappa shape index (κ2) is 8.73. The summed E-state index contributed by atoms with van der Waals surface area (Å²) in [6.45, 7) is 0. The number of ketones is 1. The van der Waals surface area contributed by atoms with Crippen LogP contribution in [0.2, 0.25) is 0 Å². The van der Waals surface area contributed by atoms with Gasteiger partial charge in [-0.15, -0.1) is 0 Å². The van der Waals surface area contributed by atoms with Crippen LogP contribution in [0.25, 0.3) is 22.2 Å². The second-order valence-electron chi connectivity index (χ2n) is 8.74. The number of benzene rings is 2. The fourth-order valence-electron chi connectivity index (χ4n) is 4.60. The van der Waals surface area contributed by atoms with Gasteiger partial charge in [0, 0.05) is 30.6 Å². The predicted octanol–water partition coefficient (Wildman–Crippen LogP) is 5.53. The molecular formula is C24H24F3NO3S. The number of nitrogens with one attached hydrogen (secondary N) is 1. The maximum Gasteiger partial charge on any atom is 0.150 e. The molecule has 3 aromatic rings. The van der Waals surface area contributed by atoms with Gasteiger partial charge < -0.3 is 4.98 Å². The number of sulfone groups is 1. The second-order valence-corrected chi connectivity index (χ2v) is 11.0. The van der Waals surface area contributed by atoms with Crippen molar-refractivity contribution in [3.63, 3.8) is 0 Å². The van der Waals surface area contributed by atoms with Crippen LogP contribution in [-0.2, 0) is 14.6 Å². The molecular weight excluding hydrogens is 439 g/mol. The monoisotopic (exact) mass is 463 g/mol. The lowest BCUT2D eigenvalue weighted by molar-refractivity contribution is -0.120. The van der Waals surface area contributed by atoms with Crippen molar-refractivity contribution in [1.29, 1.82) is 0 Å². The summed E-state index contributed by atoms with van der Waals surface area (Å²) in [4.78, 5) is 15.3. The summed E-state index contributed by atoms with van der Waals surface area (Å²) in [7, 11) is -3.08. The zero-order chi connectivity index (χ0) is 23.0. The van der Waals surface area contributed by atoms with Crippen molar-refractivity contribution in [2.24, 2.45) is 5.92 Å². The summed E-state index contributed by atoms with van der Waals surface area (Å²) < 4.78 is 64.2. The Balaban J connectivity index is 1.54. The maximum absolute atomic E-state index is 14.4. The summed E-state index contributed by atoms with van der Waals surface area (Å²) in [6.07, 6.45) is 3.47. The van der Waals surface area contributed by atoms with Gasteiger partial charge in [0.15, 0.2) is 0 Å². The van der Waals surface area contributed by atoms with Crippen LogP contribution in [0.5, 0.6) is 0 Å². The largest absolute Gasteiger partial charge is 0.352 e. The van der Waals surface area contributed by atoms with Gasteiger partial charge in [0.2, 0.25) is 0 Å². The number of aromatic nitrogens is 1. The van der Waals surface area contributed by atoms with E-state index in [-0.39, 0.29) is 41.1 Å². The SMILES string of the molecule is CS(=O)(=O)CCCC(=O)CC1CC(c2c(-c3ccc(F)cc3)[nH]c3c(F)cc(F)cc23)C1. The van der Waals surface area contributed by atoms with E-state index in [0.717, 1.165) is 17.9 Å². The molecule has 0 amide bonds. The molecule has 4 rings (SSSR count). The van der Waals surface area contributed by atoms with Crippen LogP contribution < -0.4 is 0 Å². The van der Waals surface area contributed by atoms with Crippen LogP contribution in [0.4, 0.5) is 13.2 Å². The third-order valence-electron chi connectivity index (χ3n) is 6.13. The summed E-state index contributed by atoms with van der Waals surface area (Å²) in [5.41, 5.74) is 2.30. The van der Waals surface area contributed by atoms with E-state index in [9.17, 15) is 26.4 Å². The Morgan fingerprint density at radius 3 is 2.41 bits per heavy atom. The van der Waals surface area contributed by atoms with E-state index < -0.39 is 21.5 Å². The first-order valence-electron chi connectivity index (χ1n) is 10.6. The third-order valence-corrected chi connectivity index (χ3v) is 7.16. The molecule has 32 heavy (non-hydrogen) atoms. The molecule has 170 valence electrons. The lowest BCUT2D eigenvalue weighted by Gasteiger charge is -2.36. The average molecular weight is 464 g/mol. The minimum Gasteiger partial charge on any atom is -0.352 e. The highest BCUT2D eigenvalue weighted by Gasteiger charge is 2.35. The normalized spacial score (nSPS) is 18.6. The Morgan fingerprint density at radius 1 is 1.06 bits per heavy atom. The van der Waals surface area contributed by atoms with E-state index in [0.29, 0.717) is 42.3 Å². The van der Waals surface area contributed by atoms with Gasteiger partial charge in [0.1, 0.15) is 33.1 Å². The van der Waals surface area contributed by atoms with E-state index >= 15 is 0 Å². The van der Waals surface area contributed by atoms with Gasteiger partial charge in [-0.2, -0.15) is 0 Å². The van der Waals surface area contributed by atoms with E-state index in [1.165, 1.54) is 18.2 Å². The van der Waals surface area contributed by atoms with Gasteiger partial charge in [0.25, 0.3) is 0 Å². The van der Waals surface area contributed by atoms with Crippen molar-refractivity contribution in [3.05, 3.63) is 59.4 Å². The van der Waals surface area contributed by atoms with Crippen LogP contribution in [-0.4, -0.2) is 31.2 Å². The van der Waals surface area contributed by atoms with Crippen LogP contribution in [0.15, 0.2) is 36.4 Å². The molecule has 0 radical (unpaired) electrons. The molecule has 1 aliphatic carbocycles. The summed E-state index contributed by atoms with van der Waals surface area (Å²) in [5.74, 6) is -1.55. The lowest BCUT2D eigenvalue weighted by Crippen LogP contribution is -2.25. The molecule has 1 fully saturated rings. The molecule has 1 heterocycles. The molecule has 2 aromatic carbocycles. The minimum absolute atomic E-state index is 0.000467. The standard InChI is InChI=1S/C24H24F3NO3S/c1-32(30,31)8-2-3-19(29)11-14-9-16(10-14)22-20-12-18(26)13-21(27)24(20)28-23(22)15-4-6-17(25)7-5-15/h4-7,12-14,16,28H,2-3,8-11H2,1H3. The minimum atomic E-state index is -3.08. The number of halogens is 3. The highest BCUT2D eigenvalue weighted by molar-refractivity contribution is 7.90. The molecule has 0 bridgehead atoms. The molecule has 0 aliphatic heterocycles. The van der Waals surface area contributed by atoms with Crippen molar-refractivity contribution >= 4 is 26.5 Å². The Labute approximate surface area is 184 Å². The van der Waals surface area contributed by atoms with Crippen LogP contribution in [0, 0.1) is 23.4 Å². The van der Waals surface area contributed by atoms with Crippen molar-refractivity contribution in [2.45, 2.75) is 38.0 Å². The van der Waals surface area contributed by atoms with Gasteiger partial charge >= 0.3 is 0 Å². The highest BCUT2D eigenvalue weighted by Crippen LogP contribution is 2.49. The zero-order valence-corrected chi connectivity index (χ0v) is 18.4. The molecule has 1 N–H and O–H groups in total. The Morgan fingerprint density at radius 2 is 1.75 bits per heavy atom. The quantitative estimate of drug-likeness (QED) is 0.478. The number of fused-ring (bicyclic) bond motifs is 1. The van der Waals surface area contributed by atoms with Crippen molar-refractivity contribution < 1.29 is 26.4 Å². The zero-order valence-electron chi connectivity index (χ0n) is 17.6. The average Bonchev–Trinajstić information content (AvgIpc) is 3.03. The number of rotatable bonds is 8. The lowest BCUT2D eigenvalue weighted by atomic mass is 9.68. The first kappa shape index (κ1) is 22.6. The first-order valence-corrected chi connectivity index (χ1v) is 12.6. The van der Waals surface area contributed by atoms with Gasteiger partial charge in [-0.25, -0.2) is 21.6 Å². The summed E-state index contributed by atoms with van der Waals surface area (Å²) >= 11 is 0. The molecule has 0 saturated heterocycles. The van der Waals surface area contributed by atoms with Gasteiger partial charge in [-0.3, -0.25) is 4.79 Å². The molecule has 1 aliphatic rings. The fraction of sp³-hybridized carbons (Fsp3) is 0.375. The van der Waals surface area contributed by atoms with Gasteiger partial charge in [0.05, 0.1) is 17.0 Å². The Hall–Kier alpha value is -2.61. The third kappa shape index (κ3) is 4.90. The highest BCUT2D eigenvalue weighted by atomic mass is 32.2.